The van der Waals surface area contributed by atoms with Crippen LogP contribution in [0.25, 0.3) is 20.6 Å². The molecule has 1 nitrogen and oxygen atoms in total. The Morgan fingerprint density at radius 1 is 1.00 bits per heavy atom. The van der Waals surface area contributed by atoms with Crippen molar-refractivity contribution in [1.29, 1.82) is 0 Å². The van der Waals surface area contributed by atoms with E-state index < -0.39 is 0 Å². The Balaban J connectivity index is 2.00. The van der Waals surface area contributed by atoms with E-state index in [2.05, 4.69) is 51.8 Å². The van der Waals surface area contributed by atoms with Gasteiger partial charge in [-0.05, 0) is 0 Å². The Hall–Kier alpha value is -1.15. The topological polar surface area (TPSA) is 12.9 Å². The summed E-state index contributed by atoms with van der Waals surface area (Å²) >= 11 is 1.99. The van der Waals surface area contributed by atoms with Gasteiger partial charge in [0.05, 0.1) is 0 Å². The summed E-state index contributed by atoms with van der Waals surface area (Å²) in [6.07, 6.45) is 0. The molecular weight excluding hydrogens is 281 g/mol. The van der Waals surface area contributed by atoms with Gasteiger partial charge in [0.25, 0.3) is 0 Å². The molecule has 78 valence electrons. The van der Waals surface area contributed by atoms with E-state index in [1.54, 1.807) is 11.3 Å². The number of aromatic nitrogens is 1. The first-order valence-electron chi connectivity index (χ1n) is 4.99. The van der Waals surface area contributed by atoms with Crippen LogP contribution in [-0.4, -0.2) is 18.7 Å². The second kappa shape index (κ2) is 4.38. The van der Waals surface area contributed by atoms with Crippen molar-refractivity contribution >= 4 is 26.1 Å². The molecule has 2 heterocycles. The summed E-state index contributed by atoms with van der Waals surface area (Å²) in [6, 6.07) is 16.9. The van der Waals surface area contributed by atoms with Crippen molar-refractivity contribution < 1.29 is 0 Å². The van der Waals surface area contributed by atoms with Crippen molar-refractivity contribution in [2.24, 2.45) is 0 Å². The number of hydrogen-bond acceptors (Lipinski definition) is 2. The molecule has 16 heavy (non-hydrogen) atoms. The summed E-state index contributed by atoms with van der Waals surface area (Å²) in [7, 11) is 0. The summed E-state index contributed by atoms with van der Waals surface area (Å²) in [4.78, 5) is 1.27. The zero-order valence-electron chi connectivity index (χ0n) is 8.46. The number of rotatable bonds is 2. The van der Waals surface area contributed by atoms with Gasteiger partial charge in [-0.15, -0.1) is 0 Å². The van der Waals surface area contributed by atoms with Crippen LogP contribution in [0, 0.1) is 0 Å². The molecule has 2 aromatic heterocycles. The van der Waals surface area contributed by atoms with Gasteiger partial charge in [0.15, 0.2) is 0 Å². The van der Waals surface area contributed by atoms with Gasteiger partial charge in [-0.25, -0.2) is 0 Å². The molecule has 0 unspecified atom stereocenters. The molecule has 0 bridgehead atoms. The number of hydrogen-bond donors (Lipinski definition) is 0. The Morgan fingerprint density at radius 2 is 1.88 bits per heavy atom. The third kappa shape index (κ3) is 1.90. The third-order valence-corrected chi connectivity index (χ3v) is 4.99. The Morgan fingerprint density at radius 3 is 2.62 bits per heavy atom. The summed E-state index contributed by atoms with van der Waals surface area (Å²) in [5.74, 6) is 0. The first-order chi connectivity index (χ1) is 7.93. The van der Waals surface area contributed by atoms with Crippen molar-refractivity contribution in [1.82, 2.24) is 3.98 Å². The summed E-state index contributed by atoms with van der Waals surface area (Å²) in [6.45, 7) is 0. The van der Waals surface area contributed by atoms with Crippen molar-refractivity contribution in [2.75, 3.05) is 0 Å². The van der Waals surface area contributed by atoms with Gasteiger partial charge in [-0.2, -0.15) is 0 Å². The van der Waals surface area contributed by atoms with Crippen LogP contribution in [-0.2, 0) is 0 Å². The SMILES string of the molecule is c1ccc(-c2cc(-c3cccs3)n[se]2)cc1. The molecule has 0 aliphatic carbocycles. The molecule has 3 rings (SSSR count). The van der Waals surface area contributed by atoms with E-state index in [9.17, 15) is 0 Å². The van der Waals surface area contributed by atoms with E-state index in [1.807, 2.05) is 6.07 Å². The first-order valence-corrected chi connectivity index (χ1v) is 7.50. The summed E-state index contributed by atoms with van der Waals surface area (Å²) in [5.41, 5.74) is 2.45. The van der Waals surface area contributed by atoms with Gasteiger partial charge < -0.3 is 0 Å². The standard InChI is InChI=1S/C13H9NSSe/c1-2-5-10(6-3-1)13-9-11(14-16-13)12-7-4-8-15-12/h1-9H. The van der Waals surface area contributed by atoms with Crippen LogP contribution in [0.1, 0.15) is 0 Å². The van der Waals surface area contributed by atoms with Crippen LogP contribution >= 0.6 is 11.3 Å². The van der Waals surface area contributed by atoms with E-state index in [0.717, 1.165) is 5.69 Å². The van der Waals surface area contributed by atoms with Crippen molar-refractivity contribution in [3.05, 3.63) is 53.9 Å². The zero-order valence-corrected chi connectivity index (χ0v) is 11.0. The minimum atomic E-state index is 0.237. The van der Waals surface area contributed by atoms with Gasteiger partial charge in [-0.3, -0.25) is 0 Å². The van der Waals surface area contributed by atoms with Gasteiger partial charge in [0.1, 0.15) is 0 Å². The summed E-state index contributed by atoms with van der Waals surface area (Å²) in [5, 5.41) is 2.10. The second-order valence-electron chi connectivity index (χ2n) is 3.42. The van der Waals surface area contributed by atoms with E-state index in [-0.39, 0.29) is 14.7 Å². The van der Waals surface area contributed by atoms with E-state index >= 15 is 0 Å². The summed E-state index contributed by atoms with van der Waals surface area (Å²) < 4.78 is 6.00. The first kappa shape index (κ1) is 10.0. The maximum atomic E-state index is 4.63. The Kier molecular flexibility index (Phi) is 2.75. The molecule has 3 heteroatoms. The van der Waals surface area contributed by atoms with Crippen molar-refractivity contribution in [3.8, 4) is 20.6 Å². The Labute approximate surface area is 104 Å². The molecule has 1 aromatic carbocycles. The monoisotopic (exact) mass is 291 g/mol. The molecule has 0 radical (unpaired) electrons. The van der Waals surface area contributed by atoms with Crippen LogP contribution in [0.2, 0.25) is 0 Å². The fourth-order valence-corrected chi connectivity index (χ4v) is 3.95. The predicted octanol–water partition coefficient (Wildman–Crippen LogP) is 3.53. The van der Waals surface area contributed by atoms with E-state index in [4.69, 9.17) is 0 Å². The average Bonchev–Trinajstić information content (AvgIpc) is 3.01. The number of nitrogens with zero attached hydrogens (tertiary/aromatic N) is 1. The number of benzene rings is 1. The van der Waals surface area contributed by atoms with Gasteiger partial charge >= 0.3 is 105 Å². The molecule has 3 aromatic rings. The third-order valence-electron chi connectivity index (χ3n) is 2.34. The van der Waals surface area contributed by atoms with Crippen LogP contribution in [0.5, 0.6) is 0 Å². The van der Waals surface area contributed by atoms with Crippen LogP contribution < -0.4 is 0 Å². The Bertz CT molecular complexity index is 569. The van der Waals surface area contributed by atoms with Gasteiger partial charge in [-0.1, -0.05) is 0 Å². The molecule has 0 atom stereocenters. The maximum absolute atomic E-state index is 4.63. The van der Waals surface area contributed by atoms with E-state index in [0.29, 0.717) is 0 Å². The number of thiophene rings is 1. The molecule has 0 fully saturated rings. The quantitative estimate of drug-likeness (QED) is 0.658. The molecule has 0 spiro atoms. The molecule has 0 amide bonds. The molecule has 0 N–H and O–H groups in total. The molecular formula is C13H9NSSe. The predicted molar refractivity (Wildman–Crippen MR) is 69.9 cm³/mol. The minimum absolute atomic E-state index is 0.237. The normalized spacial score (nSPS) is 10.5. The molecule has 0 aliphatic heterocycles. The second-order valence-corrected chi connectivity index (χ2v) is 6.06. The van der Waals surface area contributed by atoms with Crippen molar-refractivity contribution in [3.63, 3.8) is 0 Å². The molecule has 0 saturated carbocycles. The van der Waals surface area contributed by atoms with Crippen molar-refractivity contribution in [2.45, 2.75) is 0 Å². The average molecular weight is 290 g/mol. The molecule has 0 aliphatic rings. The van der Waals surface area contributed by atoms with Crippen LogP contribution in [0.15, 0.2) is 53.9 Å². The molecule has 0 saturated heterocycles. The van der Waals surface area contributed by atoms with E-state index in [1.165, 1.54) is 14.9 Å². The fraction of sp³-hybridized carbons (Fsp3) is 0. The van der Waals surface area contributed by atoms with Crippen LogP contribution in [0.4, 0.5) is 0 Å². The zero-order chi connectivity index (χ0) is 10.8. The van der Waals surface area contributed by atoms with Crippen LogP contribution in [0.3, 0.4) is 0 Å². The fourth-order valence-electron chi connectivity index (χ4n) is 1.55. The van der Waals surface area contributed by atoms with Gasteiger partial charge in [0.2, 0.25) is 0 Å². The van der Waals surface area contributed by atoms with Gasteiger partial charge in [0, 0.05) is 0 Å².